The SMILES string of the molecule is CC1CCC(C(O)c2cncc(Br)c2)CC1. The van der Waals surface area contributed by atoms with Crippen molar-refractivity contribution in [2.45, 2.75) is 38.7 Å². The first-order valence-electron chi connectivity index (χ1n) is 5.95. The number of pyridine rings is 1. The van der Waals surface area contributed by atoms with Crippen molar-refractivity contribution in [2.24, 2.45) is 11.8 Å². The van der Waals surface area contributed by atoms with E-state index in [0.717, 1.165) is 28.8 Å². The van der Waals surface area contributed by atoms with Crippen LogP contribution in [0.5, 0.6) is 0 Å². The van der Waals surface area contributed by atoms with Gasteiger partial charge in [-0.15, -0.1) is 0 Å². The molecule has 2 nitrogen and oxygen atoms in total. The lowest BCUT2D eigenvalue weighted by Gasteiger charge is -2.29. The Morgan fingerprint density at radius 3 is 2.62 bits per heavy atom. The molecular formula is C13H18BrNO. The van der Waals surface area contributed by atoms with E-state index in [0.29, 0.717) is 5.92 Å². The van der Waals surface area contributed by atoms with Crippen molar-refractivity contribution in [3.05, 3.63) is 28.5 Å². The molecule has 1 aromatic rings. The summed E-state index contributed by atoms with van der Waals surface area (Å²) in [6.45, 7) is 2.29. The summed E-state index contributed by atoms with van der Waals surface area (Å²) in [5, 5.41) is 10.3. The Bertz CT molecular complexity index is 348. The van der Waals surface area contributed by atoms with Crippen molar-refractivity contribution in [3.63, 3.8) is 0 Å². The zero-order valence-corrected chi connectivity index (χ0v) is 11.2. The zero-order valence-electron chi connectivity index (χ0n) is 9.56. The van der Waals surface area contributed by atoms with E-state index in [1.54, 1.807) is 12.4 Å². The highest BCUT2D eigenvalue weighted by atomic mass is 79.9. The minimum atomic E-state index is -0.350. The summed E-state index contributed by atoms with van der Waals surface area (Å²) >= 11 is 3.39. The first-order valence-corrected chi connectivity index (χ1v) is 6.74. The number of aromatic nitrogens is 1. The summed E-state index contributed by atoms with van der Waals surface area (Å²) in [6, 6.07) is 1.97. The quantitative estimate of drug-likeness (QED) is 0.898. The Balaban J connectivity index is 2.04. The van der Waals surface area contributed by atoms with Gasteiger partial charge in [-0.05, 0) is 46.7 Å². The molecule has 1 atom stereocenters. The van der Waals surface area contributed by atoms with Crippen molar-refractivity contribution in [2.75, 3.05) is 0 Å². The fraction of sp³-hybridized carbons (Fsp3) is 0.615. The Morgan fingerprint density at radius 1 is 1.31 bits per heavy atom. The van der Waals surface area contributed by atoms with Crippen LogP contribution in [0.15, 0.2) is 22.9 Å². The molecule has 1 heterocycles. The van der Waals surface area contributed by atoms with Crippen molar-refractivity contribution >= 4 is 15.9 Å². The highest BCUT2D eigenvalue weighted by Gasteiger charge is 2.25. The standard InChI is InChI=1S/C13H18BrNO/c1-9-2-4-10(5-3-9)13(16)11-6-12(14)8-15-7-11/h6-10,13,16H,2-5H2,1H3. The van der Waals surface area contributed by atoms with Crippen LogP contribution in [0.1, 0.15) is 44.3 Å². The predicted octanol–water partition coefficient (Wildman–Crippen LogP) is 3.70. The largest absolute Gasteiger partial charge is 0.388 e. The first kappa shape index (κ1) is 12.1. The van der Waals surface area contributed by atoms with Gasteiger partial charge in [0, 0.05) is 22.4 Å². The minimum absolute atomic E-state index is 0.350. The van der Waals surface area contributed by atoms with Gasteiger partial charge in [-0.1, -0.05) is 19.8 Å². The molecule has 0 spiro atoms. The molecule has 88 valence electrons. The molecule has 1 saturated carbocycles. The second-order valence-corrected chi connectivity index (χ2v) is 5.82. The van der Waals surface area contributed by atoms with Crippen LogP contribution in [0.4, 0.5) is 0 Å². The first-order chi connectivity index (χ1) is 7.66. The summed E-state index contributed by atoms with van der Waals surface area (Å²) in [7, 11) is 0. The number of halogens is 1. The van der Waals surface area contributed by atoms with Gasteiger partial charge in [0.2, 0.25) is 0 Å². The van der Waals surface area contributed by atoms with Crippen LogP contribution in [-0.2, 0) is 0 Å². The Hall–Kier alpha value is -0.410. The smallest absolute Gasteiger partial charge is 0.0833 e. The molecule has 3 heteroatoms. The van der Waals surface area contributed by atoms with Gasteiger partial charge in [0.15, 0.2) is 0 Å². The summed E-state index contributed by atoms with van der Waals surface area (Å²) in [6.07, 6.45) is 7.92. The van der Waals surface area contributed by atoms with Crippen LogP contribution in [0.25, 0.3) is 0 Å². The molecule has 0 amide bonds. The highest BCUT2D eigenvalue weighted by Crippen LogP contribution is 2.36. The van der Waals surface area contributed by atoms with Crippen molar-refractivity contribution in [1.29, 1.82) is 0 Å². The molecule has 2 rings (SSSR count). The van der Waals surface area contributed by atoms with E-state index < -0.39 is 0 Å². The van der Waals surface area contributed by atoms with Crippen LogP contribution in [0.3, 0.4) is 0 Å². The predicted molar refractivity (Wildman–Crippen MR) is 68.0 cm³/mol. The fourth-order valence-electron chi connectivity index (χ4n) is 2.46. The molecule has 0 aromatic carbocycles. The number of aliphatic hydroxyl groups excluding tert-OH is 1. The summed E-state index contributed by atoms with van der Waals surface area (Å²) in [5.74, 6) is 1.23. The van der Waals surface area contributed by atoms with Crippen molar-refractivity contribution in [1.82, 2.24) is 4.98 Å². The van der Waals surface area contributed by atoms with Crippen molar-refractivity contribution in [3.8, 4) is 0 Å². The third-order valence-electron chi connectivity index (χ3n) is 3.57. The molecule has 0 bridgehead atoms. The number of nitrogens with zero attached hydrogens (tertiary/aromatic N) is 1. The summed E-state index contributed by atoms with van der Waals surface area (Å²) < 4.78 is 0.938. The van der Waals surface area contributed by atoms with Gasteiger partial charge in [-0.2, -0.15) is 0 Å². The Morgan fingerprint density at radius 2 is 2.00 bits per heavy atom. The van der Waals surface area contributed by atoms with Crippen LogP contribution in [0, 0.1) is 11.8 Å². The van der Waals surface area contributed by atoms with Crippen LogP contribution in [0.2, 0.25) is 0 Å². The van der Waals surface area contributed by atoms with Gasteiger partial charge < -0.3 is 5.11 Å². The third-order valence-corrected chi connectivity index (χ3v) is 4.01. The third kappa shape index (κ3) is 2.83. The number of hydrogen-bond donors (Lipinski definition) is 1. The minimum Gasteiger partial charge on any atom is -0.388 e. The van der Waals surface area contributed by atoms with Gasteiger partial charge in [-0.25, -0.2) is 0 Å². The van der Waals surface area contributed by atoms with Gasteiger partial charge in [0.05, 0.1) is 6.10 Å². The number of rotatable bonds is 2. The molecule has 16 heavy (non-hydrogen) atoms. The van der Waals surface area contributed by atoms with E-state index in [-0.39, 0.29) is 6.10 Å². The van der Waals surface area contributed by atoms with Crippen LogP contribution < -0.4 is 0 Å². The van der Waals surface area contributed by atoms with E-state index in [2.05, 4.69) is 27.8 Å². The Labute approximate surface area is 105 Å². The Kier molecular flexibility index (Phi) is 3.98. The molecule has 1 unspecified atom stereocenters. The van der Waals surface area contributed by atoms with Crippen LogP contribution in [-0.4, -0.2) is 10.1 Å². The van der Waals surface area contributed by atoms with Gasteiger partial charge in [0.25, 0.3) is 0 Å². The molecule has 1 fully saturated rings. The maximum absolute atomic E-state index is 10.3. The van der Waals surface area contributed by atoms with E-state index in [1.165, 1.54) is 12.8 Å². The molecule has 1 N–H and O–H groups in total. The van der Waals surface area contributed by atoms with Gasteiger partial charge in [0.1, 0.15) is 0 Å². The van der Waals surface area contributed by atoms with Crippen molar-refractivity contribution < 1.29 is 5.11 Å². The topological polar surface area (TPSA) is 33.1 Å². The lowest BCUT2D eigenvalue weighted by Crippen LogP contribution is -2.19. The van der Waals surface area contributed by atoms with E-state index in [1.807, 2.05) is 6.07 Å². The van der Waals surface area contributed by atoms with E-state index in [9.17, 15) is 5.11 Å². The molecule has 0 aliphatic heterocycles. The maximum Gasteiger partial charge on any atom is 0.0833 e. The number of aliphatic hydroxyl groups is 1. The summed E-state index contributed by atoms with van der Waals surface area (Å²) in [4.78, 5) is 4.11. The van der Waals surface area contributed by atoms with Gasteiger partial charge in [-0.3, -0.25) is 4.98 Å². The second-order valence-electron chi connectivity index (χ2n) is 4.90. The average molecular weight is 284 g/mol. The van der Waals surface area contributed by atoms with E-state index >= 15 is 0 Å². The lowest BCUT2D eigenvalue weighted by atomic mass is 9.79. The second kappa shape index (κ2) is 5.28. The molecular weight excluding hydrogens is 266 g/mol. The maximum atomic E-state index is 10.3. The molecule has 1 aliphatic carbocycles. The molecule has 0 radical (unpaired) electrons. The fourth-order valence-corrected chi connectivity index (χ4v) is 2.85. The van der Waals surface area contributed by atoms with Crippen LogP contribution >= 0.6 is 15.9 Å². The lowest BCUT2D eigenvalue weighted by molar-refractivity contribution is 0.0752. The summed E-state index contributed by atoms with van der Waals surface area (Å²) in [5.41, 5.74) is 0.939. The molecule has 1 aliphatic rings. The molecule has 0 saturated heterocycles. The van der Waals surface area contributed by atoms with E-state index in [4.69, 9.17) is 0 Å². The zero-order chi connectivity index (χ0) is 11.5. The number of hydrogen-bond acceptors (Lipinski definition) is 2. The normalized spacial score (nSPS) is 27.7. The monoisotopic (exact) mass is 283 g/mol. The average Bonchev–Trinajstić information content (AvgIpc) is 2.29. The van der Waals surface area contributed by atoms with Gasteiger partial charge >= 0.3 is 0 Å². The molecule has 1 aromatic heterocycles. The highest BCUT2D eigenvalue weighted by molar-refractivity contribution is 9.10.